The lowest BCUT2D eigenvalue weighted by Gasteiger charge is -2.16. The predicted octanol–water partition coefficient (Wildman–Crippen LogP) is 2.47. The van der Waals surface area contributed by atoms with Gasteiger partial charge in [-0.15, -0.1) is 0 Å². The molecule has 4 heteroatoms. The summed E-state index contributed by atoms with van der Waals surface area (Å²) in [5.41, 5.74) is 0. The maximum atomic E-state index is 11.7. The van der Waals surface area contributed by atoms with Crippen molar-refractivity contribution in [2.45, 2.75) is 46.0 Å². The number of ether oxygens (including phenoxy) is 1. The van der Waals surface area contributed by atoms with Crippen LogP contribution in [0.4, 0.5) is 0 Å². The van der Waals surface area contributed by atoms with Crippen LogP contribution >= 0.6 is 0 Å². The van der Waals surface area contributed by atoms with Gasteiger partial charge in [0, 0.05) is 0 Å². The second kappa shape index (κ2) is 6.62. The number of rotatable bonds is 6. The standard InChI is InChI=1S/C13H22O4/c1-9(2)8-17-13(16)11(12(14)15)7-10-5-3-4-6-10/h9-11H,3-8H2,1-2H3,(H,14,15)/t11-/m1/s1. The molecule has 0 heterocycles. The number of esters is 1. The number of carboxylic acids is 1. The molecule has 1 atom stereocenters. The van der Waals surface area contributed by atoms with E-state index < -0.39 is 17.9 Å². The topological polar surface area (TPSA) is 63.6 Å². The zero-order chi connectivity index (χ0) is 12.8. The SMILES string of the molecule is CC(C)COC(=O)[C@H](CC1CCCC1)C(=O)O. The third-order valence-corrected chi connectivity index (χ3v) is 3.19. The highest BCUT2D eigenvalue weighted by Crippen LogP contribution is 2.30. The Hall–Kier alpha value is -1.06. The Morgan fingerprint density at radius 3 is 2.35 bits per heavy atom. The van der Waals surface area contributed by atoms with E-state index >= 15 is 0 Å². The predicted molar refractivity (Wildman–Crippen MR) is 63.5 cm³/mol. The summed E-state index contributed by atoms with van der Waals surface area (Å²) >= 11 is 0. The van der Waals surface area contributed by atoms with Crippen molar-refractivity contribution in [1.29, 1.82) is 0 Å². The van der Waals surface area contributed by atoms with E-state index in [1.807, 2.05) is 13.8 Å². The second-order valence-electron chi connectivity index (χ2n) is 5.30. The van der Waals surface area contributed by atoms with Crippen LogP contribution in [0.5, 0.6) is 0 Å². The van der Waals surface area contributed by atoms with Gasteiger partial charge in [-0.05, 0) is 18.3 Å². The van der Waals surface area contributed by atoms with Crippen molar-refractivity contribution in [3.05, 3.63) is 0 Å². The van der Waals surface area contributed by atoms with Crippen molar-refractivity contribution in [3.63, 3.8) is 0 Å². The van der Waals surface area contributed by atoms with Crippen LogP contribution in [0.25, 0.3) is 0 Å². The van der Waals surface area contributed by atoms with E-state index in [0.29, 0.717) is 18.9 Å². The molecule has 1 N–H and O–H groups in total. The van der Waals surface area contributed by atoms with Gasteiger partial charge in [0.1, 0.15) is 0 Å². The molecule has 0 unspecified atom stereocenters. The lowest BCUT2D eigenvalue weighted by Crippen LogP contribution is -2.28. The molecular weight excluding hydrogens is 220 g/mol. The zero-order valence-corrected chi connectivity index (χ0v) is 10.6. The Morgan fingerprint density at radius 2 is 1.88 bits per heavy atom. The molecule has 0 aromatic heterocycles. The van der Waals surface area contributed by atoms with E-state index in [9.17, 15) is 9.59 Å². The molecule has 0 spiro atoms. The molecule has 0 radical (unpaired) electrons. The summed E-state index contributed by atoms with van der Waals surface area (Å²) in [6.07, 6.45) is 4.82. The van der Waals surface area contributed by atoms with Crippen LogP contribution in [-0.2, 0) is 14.3 Å². The average Bonchev–Trinajstić information content (AvgIpc) is 2.74. The van der Waals surface area contributed by atoms with Gasteiger partial charge in [0.25, 0.3) is 0 Å². The molecule has 0 aromatic carbocycles. The van der Waals surface area contributed by atoms with E-state index in [1.165, 1.54) is 0 Å². The number of carbonyl (C=O) groups is 2. The van der Waals surface area contributed by atoms with Gasteiger partial charge in [-0.1, -0.05) is 39.5 Å². The summed E-state index contributed by atoms with van der Waals surface area (Å²) < 4.78 is 5.02. The number of hydrogen-bond donors (Lipinski definition) is 1. The van der Waals surface area contributed by atoms with Crippen LogP contribution in [0.3, 0.4) is 0 Å². The smallest absolute Gasteiger partial charge is 0.320 e. The molecule has 17 heavy (non-hydrogen) atoms. The third-order valence-electron chi connectivity index (χ3n) is 3.19. The number of aliphatic carboxylic acids is 1. The maximum absolute atomic E-state index is 11.7. The maximum Gasteiger partial charge on any atom is 0.320 e. The Morgan fingerprint density at radius 1 is 1.29 bits per heavy atom. The highest BCUT2D eigenvalue weighted by molar-refractivity contribution is 5.93. The first kappa shape index (κ1) is 14.0. The van der Waals surface area contributed by atoms with E-state index in [2.05, 4.69) is 0 Å². The summed E-state index contributed by atoms with van der Waals surface area (Å²) in [5.74, 6) is -1.98. The van der Waals surface area contributed by atoms with Crippen LogP contribution in [-0.4, -0.2) is 23.7 Å². The summed E-state index contributed by atoms with van der Waals surface area (Å²) in [6, 6.07) is 0. The zero-order valence-electron chi connectivity index (χ0n) is 10.6. The summed E-state index contributed by atoms with van der Waals surface area (Å²) in [4.78, 5) is 22.7. The van der Waals surface area contributed by atoms with Crippen LogP contribution in [0.1, 0.15) is 46.0 Å². The van der Waals surface area contributed by atoms with Crippen LogP contribution in [0, 0.1) is 17.8 Å². The average molecular weight is 242 g/mol. The first-order valence-electron chi connectivity index (χ1n) is 6.40. The summed E-state index contributed by atoms with van der Waals surface area (Å²) in [6.45, 7) is 4.16. The molecular formula is C13H22O4. The molecule has 1 rings (SSSR count). The highest BCUT2D eigenvalue weighted by atomic mass is 16.5. The van der Waals surface area contributed by atoms with Crippen LogP contribution < -0.4 is 0 Å². The van der Waals surface area contributed by atoms with Gasteiger partial charge < -0.3 is 9.84 Å². The molecule has 1 aliphatic rings. The highest BCUT2D eigenvalue weighted by Gasteiger charge is 2.32. The largest absolute Gasteiger partial charge is 0.481 e. The van der Waals surface area contributed by atoms with Crippen LogP contribution in [0.15, 0.2) is 0 Å². The van der Waals surface area contributed by atoms with Crippen molar-refractivity contribution in [2.75, 3.05) is 6.61 Å². The Labute approximate surface area is 102 Å². The molecule has 4 nitrogen and oxygen atoms in total. The minimum absolute atomic E-state index is 0.236. The minimum atomic E-state index is -1.05. The van der Waals surface area contributed by atoms with E-state index in [1.54, 1.807) is 0 Å². The molecule has 0 aromatic rings. The molecule has 0 aliphatic heterocycles. The van der Waals surface area contributed by atoms with Crippen molar-refractivity contribution in [3.8, 4) is 0 Å². The van der Waals surface area contributed by atoms with Crippen LogP contribution in [0.2, 0.25) is 0 Å². The molecule has 0 bridgehead atoms. The van der Waals surface area contributed by atoms with Gasteiger partial charge in [0.15, 0.2) is 5.92 Å². The first-order chi connectivity index (χ1) is 8.00. The number of carboxylic acid groups (broad SMARTS) is 1. The van der Waals surface area contributed by atoms with E-state index in [4.69, 9.17) is 9.84 Å². The molecule has 0 amide bonds. The quantitative estimate of drug-likeness (QED) is 0.574. The normalized spacial score (nSPS) is 18.3. The van der Waals surface area contributed by atoms with Crippen molar-refractivity contribution in [2.24, 2.45) is 17.8 Å². The monoisotopic (exact) mass is 242 g/mol. The van der Waals surface area contributed by atoms with Gasteiger partial charge in [-0.2, -0.15) is 0 Å². The molecule has 98 valence electrons. The molecule has 1 aliphatic carbocycles. The minimum Gasteiger partial charge on any atom is -0.481 e. The second-order valence-corrected chi connectivity index (χ2v) is 5.30. The Balaban J connectivity index is 2.46. The molecule has 1 fully saturated rings. The lowest BCUT2D eigenvalue weighted by molar-refractivity contribution is -0.160. The van der Waals surface area contributed by atoms with Gasteiger partial charge in [-0.25, -0.2) is 0 Å². The Bertz CT molecular complexity index is 267. The first-order valence-corrected chi connectivity index (χ1v) is 6.40. The summed E-state index contributed by atoms with van der Waals surface area (Å²) in [5, 5.41) is 9.07. The van der Waals surface area contributed by atoms with Gasteiger partial charge >= 0.3 is 11.9 Å². The molecule has 1 saturated carbocycles. The van der Waals surface area contributed by atoms with E-state index in [0.717, 1.165) is 25.7 Å². The Kier molecular flexibility index (Phi) is 5.45. The van der Waals surface area contributed by atoms with Crippen molar-refractivity contribution >= 4 is 11.9 Å². The van der Waals surface area contributed by atoms with Gasteiger partial charge in [-0.3, -0.25) is 9.59 Å². The van der Waals surface area contributed by atoms with E-state index in [-0.39, 0.29) is 5.92 Å². The lowest BCUT2D eigenvalue weighted by atomic mass is 9.93. The fourth-order valence-electron chi connectivity index (χ4n) is 2.23. The molecule has 0 saturated heterocycles. The third kappa shape index (κ3) is 4.75. The summed E-state index contributed by atoms with van der Waals surface area (Å²) in [7, 11) is 0. The van der Waals surface area contributed by atoms with Crippen molar-refractivity contribution in [1.82, 2.24) is 0 Å². The fraction of sp³-hybridized carbons (Fsp3) is 0.846. The van der Waals surface area contributed by atoms with Gasteiger partial charge in [0.05, 0.1) is 6.61 Å². The number of hydrogen-bond acceptors (Lipinski definition) is 3. The number of carbonyl (C=O) groups excluding carboxylic acids is 1. The fourth-order valence-corrected chi connectivity index (χ4v) is 2.23. The van der Waals surface area contributed by atoms with Gasteiger partial charge in [0.2, 0.25) is 0 Å². The van der Waals surface area contributed by atoms with Crippen molar-refractivity contribution < 1.29 is 19.4 Å².